The molecule has 7 heteroatoms. The normalized spacial score (nSPS) is 17.0. The van der Waals surface area contributed by atoms with E-state index in [9.17, 15) is 4.79 Å². The van der Waals surface area contributed by atoms with Crippen molar-refractivity contribution in [3.8, 4) is 5.75 Å². The summed E-state index contributed by atoms with van der Waals surface area (Å²) in [5.41, 5.74) is 4.08. The molecule has 2 aliphatic heterocycles. The number of aromatic nitrogens is 1. The number of hydrogen-bond acceptors (Lipinski definition) is 4. The lowest BCUT2D eigenvalue weighted by Crippen LogP contribution is -2.38. The largest absolute Gasteiger partial charge is 0.493 e. The molecule has 3 aromatic carbocycles. The SMILES string of the molecule is CC(COc1ccccc1)Cn1cc(C=C2C(=N)N3C(c4ccccc4)=CSC3=NC2=O)c2ccccc21. The van der Waals surface area contributed by atoms with E-state index in [0.29, 0.717) is 11.8 Å². The predicted octanol–water partition coefficient (Wildman–Crippen LogP) is 6.66. The summed E-state index contributed by atoms with van der Waals surface area (Å²) in [5, 5.41) is 12.5. The smallest absolute Gasteiger partial charge is 0.283 e. The zero-order chi connectivity index (χ0) is 26.1. The van der Waals surface area contributed by atoms with E-state index in [2.05, 4.69) is 34.8 Å². The molecule has 4 aromatic rings. The van der Waals surface area contributed by atoms with E-state index >= 15 is 0 Å². The van der Waals surface area contributed by atoms with Crippen molar-refractivity contribution in [2.24, 2.45) is 10.9 Å². The van der Waals surface area contributed by atoms with Crippen LogP contribution in [0.1, 0.15) is 18.1 Å². The van der Waals surface area contributed by atoms with Crippen molar-refractivity contribution in [3.63, 3.8) is 0 Å². The maximum Gasteiger partial charge on any atom is 0.283 e. The van der Waals surface area contributed by atoms with E-state index in [1.54, 1.807) is 11.0 Å². The molecule has 0 spiro atoms. The Morgan fingerprint density at radius 1 is 1.00 bits per heavy atom. The van der Waals surface area contributed by atoms with Crippen LogP contribution in [0.5, 0.6) is 5.75 Å². The van der Waals surface area contributed by atoms with Crippen LogP contribution in [0.4, 0.5) is 0 Å². The maximum absolute atomic E-state index is 13.1. The van der Waals surface area contributed by atoms with Crippen molar-refractivity contribution in [2.45, 2.75) is 13.5 Å². The lowest BCUT2D eigenvalue weighted by Gasteiger charge is -2.26. The number of aliphatic imine (C=N–C) groups is 1. The van der Waals surface area contributed by atoms with Crippen LogP contribution in [0.25, 0.3) is 22.7 Å². The summed E-state index contributed by atoms with van der Waals surface area (Å²) in [4.78, 5) is 19.1. The van der Waals surface area contributed by atoms with E-state index in [1.165, 1.54) is 11.8 Å². The van der Waals surface area contributed by atoms with Gasteiger partial charge in [0.15, 0.2) is 5.17 Å². The highest BCUT2D eigenvalue weighted by Gasteiger charge is 2.36. The number of amidine groups is 2. The second-order valence-corrected chi connectivity index (χ2v) is 10.2. The second kappa shape index (κ2) is 10.2. The number of carbonyl (C=O) groups excluding carboxylic acids is 1. The Hall–Kier alpha value is -4.36. The Morgan fingerprint density at radius 3 is 2.50 bits per heavy atom. The monoisotopic (exact) mass is 518 g/mol. The predicted molar refractivity (Wildman–Crippen MR) is 155 cm³/mol. The lowest BCUT2D eigenvalue weighted by molar-refractivity contribution is -0.114. The van der Waals surface area contributed by atoms with Crippen LogP contribution in [-0.4, -0.2) is 33.0 Å². The maximum atomic E-state index is 13.1. The second-order valence-electron chi connectivity index (χ2n) is 9.41. The molecule has 1 amide bonds. The molecule has 38 heavy (non-hydrogen) atoms. The van der Waals surface area contributed by atoms with Crippen molar-refractivity contribution in [1.29, 1.82) is 5.41 Å². The van der Waals surface area contributed by atoms with Gasteiger partial charge < -0.3 is 9.30 Å². The van der Waals surface area contributed by atoms with Crippen molar-refractivity contribution in [1.82, 2.24) is 9.47 Å². The zero-order valence-corrected chi connectivity index (χ0v) is 21.7. The Morgan fingerprint density at radius 2 is 1.71 bits per heavy atom. The van der Waals surface area contributed by atoms with Crippen LogP contribution >= 0.6 is 11.8 Å². The zero-order valence-electron chi connectivity index (χ0n) is 20.9. The molecule has 3 heterocycles. The molecule has 188 valence electrons. The van der Waals surface area contributed by atoms with E-state index < -0.39 is 5.91 Å². The fraction of sp³-hybridized carbons (Fsp3) is 0.129. The summed E-state index contributed by atoms with van der Waals surface area (Å²) in [7, 11) is 0. The third-order valence-electron chi connectivity index (χ3n) is 6.59. The number of carbonyl (C=O) groups is 1. The molecule has 0 fully saturated rings. The lowest BCUT2D eigenvalue weighted by atomic mass is 10.1. The summed E-state index contributed by atoms with van der Waals surface area (Å²) >= 11 is 1.37. The molecule has 0 bridgehead atoms. The number of fused-ring (bicyclic) bond motifs is 2. The molecule has 0 radical (unpaired) electrons. The molecule has 2 aliphatic rings. The number of rotatable bonds is 7. The summed E-state index contributed by atoms with van der Waals surface area (Å²) in [5.74, 6) is 0.869. The molecule has 1 unspecified atom stereocenters. The Kier molecular flexibility index (Phi) is 6.43. The summed E-state index contributed by atoms with van der Waals surface area (Å²) < 4.78 is 8.17. The molecule has 6 rings (SSSR count). The molecular weight excluding hydrogens is 492 g/mol. The molecule has 1 atom stereocenters. The van der Waals surface area contributed by atoms with E-state index in [0.717, 1.165) is 40.0 Å². The van der Waals surface area contributed by atoms with Crippen LogP contribution in [0.2, 0.25) is 0 Å². The van der Waals surface area contributed by atoms with Crippen LogP contribution < -0.4 is 4.74 Å². The number of nitrogens with zero attached hydrogens (tertiary/aromatic N) is 3. The van der Waals surface area contributed by atoms with Crippen molar-refractivity contribution < 1.29 is 9.53 Å². The van der Waals surface area contributed by atoms with Gasteiger partial charge in [-0.3, -0.25) is 15.1 Å². The number of amides is 1. The summed E-state index contributed by atoms with van der Waals surface area (Å²) in [6, 6.07) is 27.9. The quantitative estimate of drug-likeness (QED) is 0.278. The van der Waals surface area contributed by atoms with Gasteiger partial charge in [0.05, 0.1) is 17.9 Å². The summed E-state index contributed by atoms with van der Waals surface area (Å²) in [6.45, 7) is 3.51. The highest BCUT2D eigenvalue weighted by molar-refractivity contribution is 8.17. The topological polar surface area (TPSA) is 70.7 Å². The van der Waals surface area contributed by atoms with Crippen molar-refractivity contribution in [3.05, 3.63) is 113 Å². The average molecular weight is 519 g/mol. The fourth-order valence-corrected chi connectivity index (χ4v) is 5.64. The van der Waals surface area contributed by atoms with Gasteiger partial charge in [-0.05, 0) is 29.8 Å². The van der Waals surface area contributed by atoms with Gasteiger partial charge >= 0.3 is 0 Å². The highest BCUT2D eigenvalue weighted by Crippen LogP contribution is 2.37. The number of thioether (sulfide) groups is 1. The number of benzene rings is 3. The Balaban J connectivity index is 1.29. The number of nitrogens with one attached hydrogen (secondary N) is 1. The third kappa shape index (κ3) is 4.57. The van der Waals surface area contributed by atoms with Gasteiger partial charge in [-0.2, -0.15) is 4.99 Å². The third-order valence-corrected chi connectivity index (χ3v) is 7.42. The Bertz CT molecular complexity index is 1620. The van der Waals surface area contributed by atoms with E-state index in [1.807, 2.05) is 78.2 Å². The van der Waals surface area contributed by atoms with Gasteiger partial charge in [0.1, 0.15) is 11.6 Å². The first-order valence-corrected chi connectivity index (χ1v) is 13.4. The van der Waals surface area contributed by atoms with Gasteiger partial charge in [0.25, 0.3) is 5.91 Å². The first-order valence-electron chi connectivity index (χ1n) is 12.5. The molecule has 0 aliphatic carbocycles. The van der Waals surface area contributed by atoms with Crippen LogP contribution in [0.3, 0.4) is 0 Å². The molecule has 1 N–H and O–H groups in total. The average Bonchev–Trinajstić information content (AvgIpc) is 3.52. The van der Waals surface area contributed by atoms with Crippen LogP contribution in [-0.2, 0) is 11.3 Å². The molecule has 0 saturated heterocycles. The molecule has 6 nitrogen and oxygen atoms in total. The van der Waals surface area contributed by atoms with Gasteiger partial charge in [0, 0.05) is 40.5 Å². The van der Waals surface area contributed by atoms with E-state index in [4.69, 9.17) is 10.1 Å². The Labute approximate surface area is 225 Å². The van der Waals surface area contributed by atoms with E-state index in [-0.39, 0.29) is 17.3 Å². The highest BCUT2D eigenvalue weighted by atomic mass is 32.2. The number of para-hydroxylation sites is 2. The molecule has 1 aromatic heterocycles. The van der Waals surface area contributed by atoms with Gasteiger partial charge in [0.2, 0.25) is 0 Å². The van der Waals surface area contributed by atoms with Gasteiger partial charge in [-0.1, -0.05) is 85.4 Å². The molecular formula is C31H26N4O2S. The minimum atomic E-state index is -0.391. The summed E-state index contributed by atoms with van der Waals surface area (Å²) in [6.07, 6.45) is 3.86. The fourth-order valence-electron chi connectivity index (χ4n) is 4.75. The number of ether oxygens (including phenoxy) is 1. The van der Waals surface area contributed by atoms with Gasteiger partial charge in [-0.15, -0.1) is 0 Å². The minimum Gasteiger partial charge on any atom is -0.493 e. The number of hydrogen-bond donors (Lipinski definition) is 1. The van der Waals surface area contributed by atoms with Gasteiger partial charge in [-0.25, -0.2) is 0 Å². The first kappa shape index (κ1) is 24.0. The van der Waals surface area contributed by atoms with Crippen molar-refractivity contribution in [2.75, 3.05) is 6.61 Å². The minimum absolute atomic E-state index is 0.140. The van der Waals surface area contributed by atoms with Crippen LogP contribution in [0, 0.1) is 11.3 Å². The van der Waals surface area contributed by atoms with Crippen molar-refractivity contribution >= 4 is 51.3 Å². The van der Waals surface area contributed by atoms with Crippen LogP contribution in [0.15, 0.2) is 107 Å². The molecule has 0 saturated carbocycles. The first-order chi connectivity index (χ1) is 18.6. The standard InChI is InChI=1S/C31H26N4O2S/c1-21(19-37-24-12-6-3-7-13-24)17-34-18-23(25-14-8-9-15-27(25)34)16-26-29(32)35-28(22-10-4-2-5-11-22)20-38-31(35)33-30(26)36/h2-16,18,20-21,32H,17,19H2,1H3.